The molecule has 0 aliphatic carbocycles. The first-order chi connectivity index (χ1) is 17.7. The number of aromatic nitrogens is 2. The van der Waals surface area contributed by atoms with Gasteiger partial charge in [-0.25, -0.2) is 0 Å². The maximum absolute atomic E-state index is 13.1. The second kappa shape index (κ2) is 10.6. The summed E-state index contributed by atoms with van der Waals surface area (Å²) in [6, 6.07) is 9.62. The van der Waals surface area contributed by atoms with Crippen LogP contribution in [0.5, 0.6) is 23.0 Å². The molecule has 198 valence electrons. The van der Waals surface area contributed by atoms with Crippen molar-refractivity contribution in [2.75, 3.05) is 28.4 Å². The van der Waals surface area contributed by atoms with E-state index >= 15 is 0 Å². The Morgan fingerprint density at radius 1 is 1.03 bits per heavy atom. The van der Waals surface area contributed by atoms with Crippen molar-refractivity contribution in [3.05, 3.63) is 68.6 Å². The predicted molar refractivity (Wildman–Crippen MR) is 138 cm³/mol. The van der Waals surface area contributed by atoms with Crippen molar-refractivity contribution < 1.29 is 28.5 Å². The quantitative estimate of drug-likeness (QED) is 0.417. The van der Waals surface area contributed by atoms with Crippen LogP contribution < -0.4 is 24.5 Å². The molecule has 1 aliphatic heterocycles. The molecule has 0 saturated carbocycles. The van der Waals surface area contributed by atoms with Gasteiger partial charge in [-0.2, -0.15) is 0 Å². The molecule has 0 spiro atoms. The monoisotopic (exact) mass is 510 g/mol. The van der Waals surface area contributed by atoms with Crippen LogP contribution in [0.25, 0.3) is 0 Å². The average Bonchev–Trinajstić information content (AvgIpc) is 3.25. The molecule has 37 heavy (non-hydrogen) atoms. The molecule has 1 aromatic heterocycles. The van der Waals surface area contributed by atoms with E-state index in [0.29, 0.717) is 40.5 Å². The topological polar surface area (TPSA) is 112 Å². The minimum Gasteiger partial charge on any atom is -0.493 e. The lowest BCUT2D eigenvalue weighted by molar-refractivity contribution is -0.140. The van der Waals surface area contributed by atoms with E-state index in [0.717, 1.165) is 29.7 Å². The SMILES string of the molecule is COC(=O)C[C@@H](c1cc(OC)c(OC)c(OC)c1)c1c(Cc2ccc3c(c2)CCC(C)(C)O3)[nH][nH]c1=O. The minimum absolute atomic E-state index is 0.0455. The summed E-state index contributed by atoms with van der Waals surface area (Å²) in [4.78, 5) is 25.6. The number of methoxy groups -OCH3 is 4. The van der Waals surface area contributed by atoms with Crippen LogP contribution in [0, 0.1) is 0 Å². The number of carbonyl (C=O) groups excluding carboxylic acids is 1. The first-order valence-electron chi connectivity index (χ1n) is 12.2. The van der Waals surface area contributed by atoms with Crippen LogP contribution in [0.15, 0.2) is 35.1 Å². The number of H-pyrrole nitrogens is 2. The van der Waals surface area contributed by atoms with Gasteiger partial charge in [0, 0.05) is 23.6 Å². The third-order valence-electron chi connectivity index (χ3n) is 6.82. The van der Waals surface area contributed by atoms with Crippen LogP contribution in [-0.4, -0.2) is 50.2 Å². The van der Waals surface area contributed by atoms with E-state index in [-0.39, 0.29) is 17.6 Å². The molecule has 0 amide bonds. The summed E-state index contributed by atoms with van der Waals surface area (Å²) < 4.78 is 27.6. The van der Waals surface area contributed by atoms with Crippen LogP contribution in [-0.2, 0) is 22.4 Å². The second-order valence-corrected chi connectivity index (χ2v) is 9.74. The van der Waals surface area contributed by atoms with Gasteiger partial charge in [0.15, 0.2) is 11.5 Å². The van der Waals surface area contributed by atoms with E-state index in [1.165, 1.54) is 28.4 Å². The third kappa shape index (κ3) is 5.45. The number of hydrogen-bond acceptors (Lipinski definition) is 7. The lowest BCUT2D eigenvalue weighted by Crippen LogP contribution is -2.32. The fourth-order valence-electron chi connectivity index (χ4n) is 4.88. The molecule has 0 bridgehead atoms. The number of rotatable bonds is 9. The predicted octanol–water partition coefficient (Wildman–Crippen LogP) is 4.12. The molecule has 0 radical (unpaired) electrons. The molecule has 0 fully saturated rings. The molecular weight excluding hydrogens is 476 g/mol. The number of nitrogens with one attached hydrogen (secondary N) is 2. The van der Waals surface area contributed by atoms with E-state index < -0.39 is 11.9 Å². The van der Waals surface area contributed by atoms with Gasteiger partial charge in [0.05, 0.1) is 34.9 Å². The van der Waals surface area contributed by atoms with Crippen LogP contribution in [0.4, 0.5) is 0 Å². The highest BCUT2D eigenvalue weighted by Gasteiger charge is 2.29. The zero-order valence-electron chi connectivity index (χ0n) is 22.2. The number of hydrogen-bond donors (Lipinski definition) is 2. The standard InChI is InChI=1S/C28H34N2O7/c1-28(2)10-9-17-11-16(7-8-21(17)37-28)12-20-25(27(32)30-29-20)19(15-24(31)35-5)18-13-22(33-3)26(36-6)23(14-18)34-4/h7-8,11,13-14,19H,9-10,12,15H2,1-6H3,(H2,29,30,32)/t19-/m0/s1. The van der Waals surface area contributed by atoms with Crippen molar-refractivity contribution in [2.45, 2.75) is 51.0 Å². The summed E-state index contributed by atoms with van der Waals surface area (Å²) in [6.07, 6.45) is 2.27. The van der Waals surface area contributed by atoms with Gasteiger partial charge in [-0.05, 0) is 61.6 Å². The van der Waals surface area contributed by atoms with Crippen molar-refractivity contribution in [2.24, 2.45) is 0 Å². The van der Waals surface area contributed by atoms with Gasteiger partial charge < -0.3 is 28.8 Å². The van der Waals surface area contributed by atoms with Crippen molar-refractivity contribution in [3.63, 3.8) is 0 Å². The van der Waals surface area contributed by atoms with E-state index in [9.17, 15) is 9.59 Å². The fourth-order valence-corrected chi connectivity index (χ4v) is 4.88. The molecule has 0 unspecified atom stereocenters. The molecule has 2 aromatic carbocycles. The molecule has 1 atom stereocenters. The molecule has 2 N–H and O–H groups in total. The maximum Gasteiger partial charge on any atom is 0.306 e. The zero-order chi connectivity index (χ0) is 26.7. The number of aryl methyl sites for hydroxylation is 1. The lowest BCUT2D eigenvalue weighted by atomic mass is 9.86. The maximum atomic E-state index is 13.1. The van der Waals surface area contributed by atoms with Gasteiger partial charge >= 0.3 is 5.97 Å². The summed E-state index contributed by atoms with van der Waals surface area (Å²) in [6.45, 7) is 4.18. The number of benzene rings is 2. The number of aromatic amines is 2. The molecule has 1 aliphatic rings. The van der Waals surface area contributed by atoms with Crippen LogP contribution in [0.1, 0.15) is 60.6 Å². The number of ether oxygens (including phenoxy) is 5. The van der Waals surface area contributed by atoms with E-state index in [2.05, 4.69) is 30.1 Å². The van der Waals surface area contributed by atoms with Crippen molar-refractivity contribution in [1.29, 1.82) is 0 Å². The zero-order valence-corrected chi connectivity index (χ0v) is 22.2. The smallest absolute Gasteiger partial charge is 0.306 e. The highest BCUT2D eigenvalue weighted by Crippen LogP contribution is 2.42. The number of fused-ring (bicyclic) bond motifs is 1. The Morgan fingerprint density at radius 2 is 1.73 bits per heavy atom. The van der Waals surface area contributed by atoms with Gasteiger partial charge in [0.1, 0.15) is 11.4 Å². The molecule has 9 nitrogen and oxygen atoms in total. The molecule has 3 aromatic rings. The van der Waals surface area contributed by atoms with E-state index in [1.807, 2.05) is 12.1 Å². The molecule has 0 saturated heterocycles. The Bertz CT molecular complexity index is 1310. The summed E-state index contributed by atoms with van der Waals surface area (Å²) in [5.41, 5.74) is 3.48. The average molecular weight is 511 g/mol. The van der Waals surface area contributed by atoms with Gasteiger partial charge in [-0.15, -0.1) is 0 Å². The Morgan fingerprint density at radius 3 is 2.35 bits per heavy atom. The van der Waals surface area contributed by atoms with Crippen LogP contribution >= 0.6 is 0 Å². The van der Waals surface area contributed by atoms with E-state index in [1.54, 1.807) is 12.1 Å². The highest BCUT2D eigenvalue weighted by molar-refractivity contribution is 5.72. The van der Waals surface area contributed by atoms with Gasteiger partial charge in [0.2, 0.25) is 5.75 Å². The largest absolute Gasteiger partial charge is 0.493 e. The molecular formula is C28H34N2O7. The summed E-state index contributed by atoms with van der Waals surface area (Å²) in [5, 5.41) is 5.74. The molecule has 9 heteroatoms. The highest BCUT2D eigenvalue weighted by atomic mass is 16.5. The van der Waals surface area contributed by atoms with Crippen molar-refractivity contribution in [1.82, 2.24) is 10.2 Å². The Hall–Kier alpha value is -3.88. The molecule has 2 heterocycles. The van der Waals surface area contributed by atoms with Gasteiger partial charge in [0.25, 0.3) is 5.56 Å². The summed E-state index contributed by atoms with van der Waals surface area (Å²) >= 11 is 0. The lowest BCUT2D eigenvalue weighted by Gasteiger charge is -2.32. The second-order valence-electron chi connectivity index (χ2n) is 9.74. The summed E-state index contributed by atoms with van der Waals surface area (Å²) in [7, 11) is 5.89. The van der Waals surface area contributed by atoms with Gasteiger partial charge in [-0.3, -0.25) is 14.7 Å². The fraction of sp³-hybridized carbons (Fsp3) is 0.429. The van der Waals surface area contributed by atoms with Crippen LogP contribution in [0.2, 0.25) is 0 Å². The Kier molecular flexibility index (Phi) is 7.52. The van der Waals surface area contributed by atoms with Crippen molar-refractivity contribution in [3.8, 4) is 23.0 Å². The van der Waals surface area contributed by atoms with Crippen LogP contribution in [0.3, 0.4) is 0 Å². The normalized spacial score (nSPS) is 14.8. The Labute approximate surface area is 216 Å². The first kappa shape index (κ1) is 26.2. The summed E-state index contributed by atoms with van der Waals surface area (Å²) in [5.74, 6) is 1.11. The Balaban J connectivity index is 1.76. The van der Waals surface area contributed by atoms with E-state index in [4.69, 9.17) is 23.7 Å². The number of esters is 1. The number of carbonyl (C=O) groups is 1. The first-order valence-corrected chi connectivity index (χ1v) is 12.2. The van der Waals surface area contributed by atoms with Crippen molar-refractivity contribution >= 4 is 5.97 Å². The minimum atomic E-state index is -0.618. The third-order valence-corrected chi connectivity index (χ3v) is 6.82. The molecule has 4 rings (SSSR count). The van der Waals surface area contributed by atoms with Gasteiger partial charge in [-0.1, -0.05) is 12.1 Å².